The van der Waals surface area contributed by atoms with Gasteiger partial charge in [-0.3, -0.25) is 0 Å². The van der Waals surface area contributed by atoms with Gasteiger partial charge < -0.3 is 15.2 Å². The molecule has 1 atom stereocenters. The van der Waals surface area contributed by atoms with Crippen molar-refractivity contribution < 1.29 is 15.0 Å². The fourth-order valence-corrected chi connectivity index (χ4v) is 0.993. The summed E-state index contributed by atoms with van der Waals surface area (Å²) in [7, 11) is 0. The maximum absolute atomic E-state index is 10.2. The Hall–Kier alpha value is -2.14. The monoisotopic (exact) mass is 220 g/mol. The summed E-state index contributed by atoms with van der Waals surface area (Å²) < 4.78 is 0. The van der Waals surface area contributed by atoms with Crippen LogP contribution in [0.2, 0.25) is 0 Å². The Kier molecular flexibility index (Phi) is 4.75. The van der Waals surface area contributed by atoms with Crippen LogP contribution in [0.3, 0.4) is 0 Å². The Morgan fingerprint density at radius 1 is 1.31 bits per heavy atom. The van der Waals surface area contributed by atoms with Gasteiger partial charge in [0.05, 0.1) is 6.33 Å². The molecule has 0 saturated carbocycles. The van der Waals surface area contributed by atoms with Gasteiger partial charge in [-0.1, -0.05) is 30.3 Å². The molecule has 0 radical (unpaired) electrons. The zero-order valence-electron chi connectivity index (χ0n) is 8.45. The lowest BCUT2D eigenvalue weighted by Crippen LogP contribution is -2.09. The minimum Gasteiger partial charge on any atom is -0.479 e. The number of imidazole rings is 1. The number of hydrogen-bond donors (Lipinski definition) is 3. The van der Waals surface area contributed by atoms with Gasteiger partial charge in [0.2, 0.25) is 0 Å². The summed E-state index contributed by atoms with van der Waals surface area (Å²) in [5.74, 6) is -1.23. The maximum Gasteiger partial charge on any atom is 0.337 e. The van der Waals surface area contributed by atoms with Gasteiger partial charge in [-0.05, 0) is 5.56 Å². The number of carboxylic acids is 1. The van der Waals surface area contributed by atoms with Gasteiger partial charge in [0.15, 0.2) is 6.10 Å². The lowest BCUT2D eigenvalue weighted by molar-refractivity contribution is -0.146. The van der Waals surface area contributed by atoms with Gasteiger partial charge in [-0.15, -0.1) is 0 Å². The van der Waals surface area contributed by atoms with Crippen LogP contribution in [-0.2, 0) is 4.79 Å². The highest BCUT2D eigenvalue weighted by Gasteiger charge is 2.14. The van der Waals surface area contributed by atoms with Crippen LogP contribution >= 0.6 is 0 Å². The summed E-state index contributed by atoms with van der Waals surface area (Å²) >= 11 is 0. The minimum absolute atomic E-state index is 0.403. The Balaban J connectivity index is 0.000000212. The largest absolute Gasteiger partial charge is 0.479 e. The molecular formula is C11H12N2O3. The van der Waals surface area contributed by atoms with Crippen molar-refractivity contribution in [2.45, 2.75) is 6.10 Å². The molecule has 84 valence electrons. The number of carboxylic acid groups (broad SMARTS) is 1. The highest BCUT2D eigenvalue weighted by atomic mass is 16.4. The molecule has 5 heteroatoms. The van der Waals surface area contributed by atoms with Crippen LogP contribution in [0.1, 0.15) is 11.7 Å². The topological polar surface area (TPSA) is 86.2 Å². The SMILES string of the molecule is O=C(O)C(O)c1ccccc1.c1c[nH]cn1. The predicted molar refractivity (Wildman–Crippen MR) is 57.6 cm³/mol. The van der Waals surface area contributed by atoms with Crippen molar-refractivity contribution in [3.63, 3.8) is 0 Å². The molecule has 0 aliphatic rings. The first kappa shape index (κ1) is 11.9. The molecule has 2 aromatic rings. The molecule has 1 heterocycles. The highest BCUT2D eigenvalue weighted by Crippen LogP contribution is 2.10. The van der Waals surface area contributed by atoms with Crippen LogP contribution in [0.15, 0.2) is 49.1 Å². The molecule has 0 spiro atoms. The molecule has 5 nitrogen and oxygen atoms in total. The van der Waals surface area contributed by atoms with E-state index in [1.54, 1.807) is 49.1 Å². The quantitative estimate of drug-likeness (QED) is 0.710. The number of nitrogens with one attached hydrogen (secondary N) is 1. The van der Waals surface area contributed by atoms with E-state index in [1.807, 2.05) is 0 Å². The number of hydrogen-bond acceptors (Lipinski definition) is 3. The molecule has 0 amide bonds. The minimum atomic E-state index is -1.41. The van der Waals surface area contributed by atoms with Crippen molar-refractivity contribution in [2.75, 3.05) is 0 Å². The molecule has 1 aromatic carbocycles. The number of rotatable bonds is 2. The van der Waals surface area contributed by atoms with Crippen LogP contribution in [0.5, 0.6) is 0 Å². The molecule has 0 saturated heterocycles. The maximum atomic E-state index is 10.2. The standard InChI is InChI=1S/C8H8O3.C3H4N2/c9-7(8(10)11)6-4-2-1-3-5-6;1-2-5-3-4-1/h1-5,7,9H,(H,10,11);1-3H,(H,4,5). The number of nitrogens with zero attached hydrogens (tertiary/aromatic N) is 1. The first-order chi connectivity index (χ1) is 7.72. The van der Waals surface area contributed by atoms with Gasteiger partial charge in [-0.25, -0.2) is 9.78 Å². The van der Waals surface area contributed by atoms with E-state index < -0.39 is 12.1 Å². The van der Waals surface area contributed by atoms with Crippen LogP contribution in [0, 0.1) is 0 Å². The van der Waals surface area contributed by atoms with Crippen molar-refractivity contribution in [3.05, 3.63) is 54.6 Å². The predicted octanol–water partition coefficient (Wildman–Crippen LogP) is 1.21. The number of benzene rings is 1. The van der Waals surface area contributed by atoms with Gasteiger partial charge in [0.25, 0.3) is 0 Å². The summed E-state index contributed by atoms with van der Waals surface area (Å²) in [4.78, 5) is 16.7. The summed E-state index contributed by atoms with van der Waals surface area (Å²) in [6.45, 7) is 0. The summed E-state index contributed by atoms with van der Waals surface area (Å²) in [6.07, 6.45) is 3.68. The molecule has 3 N–H and O–H groups in total. The number of aliphatic hydroxyl groups is 1. The molecule has 0 fully saturated rings. The average molecular weight is 220 g/mol. The number of aromatic amines is 1. The van der Waals surface area contributed by atoms with Crippen LogP contribution in [0.25, 0.3) is 0 Å². The van der Waals surface area contributed by atoms with E-state index in [2.05, 4.69) is 9.97 Å². The van der Waals surface area contributed by atoms with E-state index in [4.69, 9.17) is 10.2 Å². The third kappa shape index (κ3) is 3.93. The number of aromatic nitrogens is 2. The van der Waals surface area contributed by atoms with E-state index in [0.717, 1.165) is 0 Å². The smallest absolute Gasteiger partial charge is 0.337 e. The molecule has 2 rings (SSSR count). The van der Waals surface area contributed by atoms with E-state index in [-0.39, 0.29) is 0 Å². The van der Waals surface area contributed by atoms with Crippen molar-refractivity contribution >= 4 is 5.97 Å². The zero-order valence-corrected chi connectivity index (χ0v) is 8.45. The number of aliphatic hydroxyl groups excluding tert-OH is 1. The average Bonchev–Trinajstić information content (AvgIpc) is 2.88. The molecule has 0 aliphatic carbocycles. The molecule has 16 heavy (non-hydrogen) atoms. The highest BCUT2D eigenvalue weighted by molar-refractivity contribution is 5.73. The second-order valence-corrected chi connectivity index (χ2v) is 2.91. The summed E-state index contributed by atoms with van der Waals surface area (Å²) in [5.41, 5.74) is 0.403. The molecule has 0 bridgehead atoms. The Morgan fingerprint density at radius 3 is 2.38 bits per heavy atom. The molecule has 1 aromatic heterocycles. The Morgan fingerprint density at radius 2 is 2.00 bits per heavy atom. The molecule has 1 unspecified atom stereocenters. The number of aliphatic carboxylic acids is 1. The lowest BCUT2D eigenvalue weighted by Gasteiger charge is -2.03. The van der Waals surface area contributed by atoms with E-state index >= 15 is 0 Å². The van der Waals surface area contributed by atoms with Crippen molar-refractivity contribution in [2.24, 2.45) is 0 Å². The van der Waals surface area contributed by atoms with E-state index in [0.29, 0.717) is 5.56 Å². The normalized spacial score (nSPS) is 11.1. The first-order valence-electron chi connectivity index (χ1n) is 4.60. The van der Waals surface area contributed by atoms with E-state index in [9.17, 15) is 4.79 Å². The Labute approximate surface area is 92.4 Å². The number of carbonyl (C=O) groups is 1. The summed E-state index contributed by atoms with van der Waals surface area (Å²) in [6, 6.07) is 8.26. The first-order valence-corrected chi connectivity index (χ1v) is 4.60. The lowest BCUT2D eigenvalue weighted by atomic mass is 10.1. The zero-order chi connectivity index (χ0) is 11.8. The van der Waals surface area contributed by atoms with Crippen LogP contribution in [-0.4, -0.2) is 26.2 Å². The second kappa shape index (κ2) is 6.36. The Bertz CT molecular complexity index is 383. The van der Waals surface area contributed by atoms with Gasteiger partial charge in [0, 0.05) is 12.4 Å². The fraction of sp³-hybridized carbons (Fsp3) is 0.0909. The van der Waals surface area contributed by atoms with Gasteiger partial charge >= 0.3 is 5.97 Å². The molecule has 0 aliphatic heterocycles. The van der Waals surface area contributed by atoms with Crippen molar-refractivity contribution in [1.29, 1.82) is 0 Å². The number of H-pyrrole nitrogens is 1. The van der Waals surface area contributed by atoms with Gasteiger partial charge in [-0.2, -0.15) is 0 Å². The van der Waals surface area contributed by atoms with Crippen molar-refractivity contribution in [3.8, 4) is 0 Å². The second-order valence-electron chi connectivity index (χ2n) is 2.91. The third-order valence-corrected chi connectivity index (χ3v) is 1.76. The van der Waals surface area contributed by atoms with Crippen LogP contribution < -0.4 is 0 Å². The van der Waals surface area contributed by atoms with Crippen LogP contribution in [0.4, 0.5) is 0 Å². The van der Waals surface area contributed by atoms with Crippen molar-refractivity contribution in [1.82, 2.24) is 9.97 Å². The summed E-state index contributed by atoms with van der Waals surface area (Å²) in [5, 5.41) is 17.4. The van der Waals surface area contributed by atoms with E-state index in [1.165, 1.54) is 0 Å². The molecular weight excluding hydrogens is 208 g/mol. The van der Waals surface area contributed by atoms with Gasteiger partial charge in [0.1, 0.15) is 0 Å². The third-order valence-electron chi connectivity index (χ3n) is 1.76. The fourth-order valence-electron chi connectivity index (χ4n) is 0.993.